The maximum atomic E-state index is 11.4. The summed E-state index contributed by atoms with van der Waals surface area (Å²) in [4.78, 5) is 22.1. The zero-order valence-corrected chi connectivity index (χ0v) is 11.0. The zero-order chi connectivity index (χ0) is 14.0. The molecule has 0 rings (SSSR count). The fourth-order valence-corrected chi connectivity index (χ4v) is 1.70. The van der Waals surface area contributed by atoms with E-state index in [9.17, 15) is 9.59 Å². The Kier molecular flexibility index (Phi) is 8.46. The number of carboxylic acids is 1. The first-order chi connectivity index (χ1) is 8.45. The number of aliphatic carboxylic acids is 1. The van der Waals surface area contributed by atoms with Crippen LogP contribution < -0.4 is 10.6 Å². The Balaban J connectivity index is 3.97. The summed E-state index contributed by atoms with van der Waals surface area (Å²) in [5.74, 6) is 1.94. The van der Waals surface area contributed by atoms with Crippen LogP contribution in [0.25, 0.3) is 0 Å². The number of rotatable bonds is 8. The Bertz CT molecular complexity index is 308. The summed E-state index contributed by atoms with van der Waals surface area (Å²) >= 11 is 0. The van der Waals surface area contributed by atoms with Crippen molar-refractivity contribution in [2.75, 3.05) is 13.1 Å². The first-order valence-corrected chi connectivity index (χ1v) is 6.12. The summed E-state index contributed by atoms with van der Waals surface area (Å²) in [7, 11) is 0. The van der Waals surface area contributed by atoms with Gasteiger partial charge in [0.1, 0.15) is 0 Å². The first-order valence-electron chi connectivity index (χ1n) is 6.12. The lowest BCUT2D eigenvalue weighted by atomic mass is 9.94. The predicted octanol–water partition coefficient (Wildman–Crippen LogP) is 1.45. The van der Waals surface area contributed by atoms with Crippen LogP contribution in [-0.4, -0.2) is 30.2 Å². The maximum Gasteiger partial charge on any atom is 0.314 e. The molecule has 0 aromatic carbocycles. The van der Waals surface area contributed by atoms with Crippen molar-refractivity contribution >= 4 is 12.0 Å². The maximum absolute atomic E-state index is 11.4. The molecule has 0 saturated carbocycles. The summed E-state index contributed by atoms with van der Waals surface area (Å²) < 4.78 is 0. The lowest BCUT2D eigenvalue weighted by Gasteiger charge is -2.17. The smallest absolute Gasteiger partial charge is 0.314 e. The van der Waals surface area contributed by atoms with Crippen molar-refractivity contribution in [1.29, 1.82) is 0 Å². The highest BCUT2D eigenvalue weighted by Gasteiger charge is 2.15. The highest BCUT2D eigenvalue weighted by Crippen LogP contribution is 2.14. The van der Waals surface area contributed by atoms with Gasteiger partial charge in [0.15, 0.2) is 0 Å². The first kappa shape index (κ1) is 16.3. The number of hydrogen-bond acceptors (Lipinski definition) is 2. The average Bonchev–Trinajstić information content (AvgIpc) is 2.25. The summed E-state index contributed by atoms with van der Waals surface area (Å²) in [5, 5.41) is 14.1. The van der Waals surface area contributed by atoms with Crippen molar-refractivity contribution in [3.63, 3.8) is 0 Å². The molecular weight excluding hydrogens is 232 g/mol. The molecular formula is C13H22N2O3. The second kappa shape index (κ2) is 9.34. The molecule has 0 bridgehead atoms. The van der Waals surface area contributed by atoms with Crippen molar-refractivity contribution in [3.8, 4) is 12.3 Å². The zero-order valence-electron chi connectivity index (χ0n) is 11.0. The molecule has 0 heterocycles. The molecule has 0 aromatic rings. The van der Waals surface area contributed by atoms with Gasteiger partial charge in [-0.2, -0.15) is 0 Å². The van der Waals surface area contributed by atoms with Crippen molar-refractivity contribution < 1.29 is 14.7 Å². The van der Waals surface area contributed by atoms with E-state index in [1.54, 1.807) is 0 Å². The van der Waals surface area contributed by atoms with Crippen LogP contribution in [0.1, 0.15) is 33.1 Å². The molecule has 3 N–H and O–H groups in total. The predicted molar refractivity (Wildman–Crippen MR) is 70.0 cm³/mol. The number of carbonyl (C=O) groups excluding carboxylic acids is 1. The van der Waals surface area contributed by atoms with Gasteiger partial charge in [0.2, 0.25) is 0 Å². The van der Waals surface area contributed by atoms with E-state index >= 15 is 0 Å². The lowest BCUT2D eigenvalue weighted by molar-refractivity contribution is -0.138. The molecule has 1 atom stereocenters. The number of nitrogens with one attached hydrogen (secondary N) is 2. The van der Waals surface area contributed by atoms with Crippen LogP contribution in [-0.2, 0) is 4.79 Å². The molecule has 5 heteroatoms. The molecule has 0 unspecified atom stereocenters. The average molecular weight is 254 g/mol. The van der Waals surface area contributed by atoms with Crippen molar-refractivity contribution in [3.05, 3.63) is 0 Å². The highest BCUT2D eigenvalue weighted by atomic mass is 16.4. The lowest BCUT2D eigenvalue weighted by Crippen LogP contribution is -2.39. The van der Waals surface area contributed by atoms with E-state index in [1.807, 2.05) is 13.8 Å². The van der Waals surface area contributed by atoms with Gasteiger partial charge in [0.05, 0.1) is 0 Å². The number of terminal acetylenes is 1. The van der Waals surface area contributed by atoms with E-state index in [1.165, 1.54) is 0 Å². The van der Waals surface area contributed by atoms with Gasteiger partial charge in [-0.3, -0.25) is 4.79 Å². The van der Waals surface area contributed by atoms with E-state index in [0.717, 1.165) is 6.42 Å². The topological polar surface area (TPSA) is 78.4 Å². The largest absolute Gasteiger partial charge is 0.481 e. The van der Waals surface area contributed by atoms with Crippen molar-refractivity contribution in [2.45, 2.75) is 33.1 Å². The van der Waals surface area contributed by atoms with Crippen LogP contribution in [0.3, 0.4) is 0 Å². The molecule has 0 aliphatic rings. The monoisotopic (exact) mass is 254 g/mol. The molecule has 0 saturated heterocycles. The third-order valence-corrected chi connectivity index (χ3v) is 2.37. The standard InChI is InChI=1S/C13H22N2O3/c1-4-5-6-14-13(18)15-9-11(7-10(2)3)8-12(16)17/h1,10-11H,5-9H2,2-3H3,(H,16,17)(H2,14,15,18)/t11-/m0/s1. The second-order valence-corrected chi connectivity index (χ2v) is 4.68. The molecule has 5 nitrogen and oxygen atoms in total. The fraction of sp³-hybridized carbons (Fsp3) is 0.692. The Morgan fingerprint density at radius 3 is 2.50 bits per heavy atom. The van der Waals surface area contributed by atoms with E-state index < -0.39 is 5.97 Å². The summed E-state index contributed by atoms with van der Waals surface area (Å²) in [6.07, 6.45) is 6.39. The minimum absolute atomic E-state index is 0.0408. The van der Waals surface area contributed by atoms with Gasteiger partial charge in [0.25, 0.3) is 0 Å². The van der Waals surface area contributed by atoms with Gasteiger partial charge in [-0.25, -0.2) is 4.79 Å². The molecule has 102 valence electrons. The van der Waals surface area contributed by atoms with Crippen LogP contribution in [0.2, 0.25) is 0 Å². The molecule has 0 aromatic heterocycles. The van der Waals surface area contributed by atoms with E-state index in [4.69, 9.17) is 11.5 Å². The normalized spacial score (nSPS) is 11.7. The van der Waals surface area contributed by atoms with Crippen LogP contribution in [0, 0.1) is 24.2 Å². The molecule has 2 amide bonds. The van der Waals surface area contributed by atoms with E-state index in [0.29, 0.717) is 25.4 Å². The Morgan fingerprint density at radius 1 is 1.33 bits per heavy atom. The van der Waals surface area contributed by atoms with Crippen LogP contribution in [0.15, 0.2) is 0 Å². The Labute approximate surface area is 108 Å². The van der Waals surface area contributed by atoms with Crippen LogP contribution >= 0.6 is 0 Å². The fourth-order valence-electron chi connectivity index (χ4n) is 1.70. The third kappa shape index (κ3) is 9.52. The van der Waals surface area contributed by atoms with Crippen LogP contribution in [0.4, 0.5) is 4.79 Å². The number of carboxylic acid groups (broad SMARTS) is 1. The van der Waals surface area contributed by atoms with Crippen LogP contribution in [0.5, 0.6) is 0 Å². The molecule has 0 fully saturated rings. The van der Waals surface area contributed by atoms with Crippen molar-refractivity contribution in [2.24, 2.45) is 11.8 Å². The summed E-state index contributed by atoms with van der Waals surface area (Å²) in [5.41, 5.74) is 0. The number of hydrogen-bond donors (Lipinski definition) is 3. The SMILES string of the molecule is C#CCCNC(=O)NC[C@H](CC(=O)O)CC(C)C. The third-order valence-electron chi connectivity index (χ3n) is 2.37. The van der Waals surface area contributed by atoms with Gasteiger partial charge in [0, 0.05) is 25.9 Å². The molecule has 0 radical (unpaired) electrons. The Morgan fingerprint density at radius 2 is 2.00 bits per heavy atom. The number of amides is 2. The van der Waals surface area contributed by atoms with E-state index in [-0.39, 0.29) is 18.4 Å². The summed E-state index contributed by atoms with van der Waals surface area (Å²) in [6, 6.07) is -0.301. The van der Waals surface area contributed by atoms with Gasteiger partial charge in [-0.15, -0.1) is 12.3 Å². The quantitative estimate of drug-likeness (QED) is 0.453. The van der Waals surface area contributed by atoms with E-state index in [2.05, 4.69) is 16.6 Å². The molecule has 18 heavy (non-hydrogen) atoms. The molecule has 0 aliphatic carbocycles. The van der Waals surface area contributed by atoms with Gasteiger partial charge in [-0.05, 0) is 18.3 Å². The highest BCUT2D eigenvalue weighted by molar-refractivity contribution is 5.74. The van der Waals surface area contributed by atoms with Crippen molar-refractivity contribution in [1.82, 2.24) is 10.6 Å². The minimum Gasteiger partial charge on any atom is -0.481 e. The number of urea groups is 1. The minimum atomic E-state index is -0.838. The second-order valence-electron chi connectivity index (χ2n) is 4.68. The molecule has 0 spiro atoms. The van der Waals surface area contributed by atoms with Gasteiger partial charge in [-0.1, -0.05) is 13.8 Å². The Hall–Kier alpha value is -1.70. The number of carbonyl (C=O) groups is 2. The van der Waals surface area contributed by atoms with Gasteiger partial charge >= 0.3 is 12.0 Å². The summed E-state index contributed by atoms with van der Waals surface area (Å²) in [6.45, 7) is 4.85. The van der Waals surface area contributed by atoms with Gasteiger partial charge < -0.3 is 15.7 Å². The molecule has 0 aliphatic heterocycles.